The molecule has 0 aromatic heterocycles. The first-order chi connectivity index (χ1) is 9.10. The zero-order valence-corrected chi connectivity index (χ0v) is 11.0. The van der Waals surface area contributed by atoms with Crippen molar-refractivity contribution >= 4 is 11.8 Å². The van der Waals surface area contributed by atoms with Gasteiger partial charge in [-0.2, -0.15) is 0 Å². The van der Waals surface area contributed by atoms with Crippen molar-refractivity contribution in [3.05, 3.63) is 29.8 Å². The van der Waals surface area contributed by atoms with Crippen LogP contribution in [-0.4, -0.2) is 31.1 Å². The number of alkyl halides is 1. The van der Waals surface area contributed by atoms with E-state index in [1.165, 1.54) is 12.1 Å². The molecule has 0 fully saturated rings. The number of benzene rings is 1. The van der Waals surface area contributed by atoms with E-state index in [1.807, 2.05) is 6.92 Å². The molecule has 0 saturated heterocycles. The van der Waals surface area contributed by atoms with Gasteiger partial charge in [0.1, 0.15) is 5.75 Å². The van der Waals surface area contributed by atoms with Gasteiger partial charge >= 0.3 is 5.97 Å². The Labute approximate surface area is 111 Å². The molecular weight excluding hydrogens is 251 g/mol. The number of halogens is 1. The molecule has 1 rings (SSSR count). The molecule has 0 N–H and O–H groups in total. The van der Waals surface area contributed by atoms with Gasteiger partial charge in [-0.05, 0) is 37.6 Å². The molecule has 1 atom stereocenters. The minimum atomic E-state index is -2.27. The van der Waals surface area contributed by atoms with Crippen molar-refractivity contribution in [1.29, 1.82) is 0 Å². The third-order valence-corrected chi connectivity index (χ3v) is 2.34. The first kappa shape index (κ1) is 15.1. The maximum Gasteiger partial charge on any atom is 0.349 e. The summed E-state index contributed by atoms with van der Waals surface area (Å²) in [5.74, 6) is -1.45. The molecule has 0 amide bonds. The van der Waals surface area contributed by atoms with Gasteiger partial charge < -0.3 is 9.47 Å². The summed E-state index contributed by atoms with van der Waals surface area (Å²) in [4.78, 5) is 22.9. The van der Waals surface area contributed by atoms with Crippen LogP contribution in [0.5, 0.6) is 5.75 Å². The number of carbonyl (C=O) groups is 2. The normalized spacial score (nSPS) is 11.7. The van der Waals surface area contributed by atoms with E-state index in [9.17, 15) is 14.0 Å². The smallest absolute Gasteiger partial charge is 0.349 e. The van der Waals surface area contributed by atoms with Crippen LogP contribution in [0.4, 0.5) is 4.39 Å². The Kier molecular flexibility index (Phi) is 5.99. The molecule has 1 aromatic rings. The molecule has 19 heavy (non-hydrogen) atoms. The quantitative estimate of drug-likeness (QED) is 0.433. The topological polar surface area (TPSA) is 52.6 Å². The lowest BCUT2D eigenvalue weighted by atomic mass is 10.1. The van der Waals surface area contributed by atoms with E-state index < -0.39 is 17.9 Å². The van der Waals surface area contributed by atoms with Gasteiger partial charge in [-0.3, -0.25) is 4.79 Å². The highest BCUT2D eigenvalue weighted by molar-refractivity contribution is 6.11. The van der Waals surface area contributed by atoms with E-state index >= 15 is 0 Å². The molecule has 0 spiro atoms. The first-order valence-corrected chi connectivity index (χ1v) is 6.17. The maximum atomic E-state index is 13.6. The fourth-order valence-corrected chi connectivity index (χ4v) is 1.41. The number of esters is 1. The van der Waals surface area contributed by atoms with E-state index in [0.29, 0.717) is 18.8 Å². The molecule has 0 bridgehead atoms. The van der Waals surface area contributed by atoms with Crippen LogP contribution in [0.1, 0.15) is 30.6 Å². The van der Waals surface area contributed by atoms with Crippen LogP contribution < -0.4 is 4.74 Å². The van der Waals surface area contributed by atoms with Crippen LogP contribution in [0.25, 0.3) is 0 Å². The van der Waals surface area contributed by atoms with Crippen molar-refractivity contribution in [2.75, 3.05) is 13.2 Å². The van der Waals surface area contributed by atoms with Crippen molar-refractivity contribution in [3.8, 4) is 5.75 Å². The van der Waals surface area contributed by atoms with E-state index in [4.69, 9.17) is 4.74 Å². The van der Waals surface area contributed by atoms with Gasteiger partial charge in [0.2, 0.25) is 5.78 Å². The molecular formula is C14H17FO4. The second-order valence-electron chi connectivity index (χ2n) is 3.85. The third kappa shape index (κ3) is 4.35. The zero-order chi connectivity index (χ0) is 14.3. The van der Waals surface area contributed by atoms with Crippen molar-refractivity contribution < 1.29 is 23.5 Å². The van der Waals surface area contributed by atoms with E-state index in [-0.39, 0.29) is 12.2 Å². The van der Waals surface area contributed by atoms with Crippen LogP contribution in [0.3, 0.4) is 0 Å². The highest BCUT2D eigenvalue weighted by Crippen LogP contribution is 2.15. The summed E-state index contributed by atoms with van der Waals surface area (Å²) >= 11 is 0. The third-order valence-electron chi connectivity index (χ3n) is 2.34. The van der Waals surface area contributed by atoms with E-state index in [0.717, 1.165) is 0 Å². The summed E-state index contributed by atoms with van der Waals surface area (Å²) in [5, 5.41) is 0. The van der Waals surface area contributed by atoms with Crippen LogP contribution in [0.2, 0.25) is 0 Å². The van der Waals surface area contributed by atoms with Crippen LogP contribution in [-0.2, 0) is 9.53 Å². The number of ether oxygens (including phenoxy) is 2. The van der Waals surface area contributed by atoms with Crippen LogP contribution in [0.15, 0.2) is 24.3 Å². The Morgan fingerprint density at radius 1 is 1.21 bits per heavy atom. The molecule has 0 aliphatic rings. The molecule has 0 aliphatic heterocycles. The van der Waals surface area contributed by atoms with Gasteiger partial charge in [0.15, 0.2) is 0 Å². The summed E-state index contributed by atoms with van der Waals surface area (Å²) in [5.41, 5.74) is 0.115. The van der Waals surface area contributed by atoms with Gasteiger partial charge in [-0.15, -0.1) is 0 Å². The number of hydrogen-bond donors (Lipinski definition) is 0. The number of ketones is 1. The van der Waals surface area contributed by atoms with Gasteiger partial charge in [0.05, 0.1) is 13.2 Å². The molecule has 5 heteroatoms. The van der Waals surface area contributed by atoms with Gasteiger partial charge in [0.25, 0.3) is 6.17 Å². The lowest BCUT2D eigenvalue weighted by molar-refractivity contribution is -0.147. The van der Waals surface area contributed by atoms with Crippen LogP contribution in [0, 0.1) is 0 Å². The Bertz CT molecular complexity index is 428. The molecule has 104 valence electrons. The van der Waals surface area contributed by atoms with Gasteiger partial charge in [-0.25, -0.2) is 9.18 Å². The number of hydrogen-bond acceptors (Lipinski definition) is 4. The molecule has 0 radical (unpaired) electrons. The highest BCUT2D eigenvalue weighted by atomic mass is 19.1. The minimum Gasteiger partial charge on any atom is -0.494 e. The molecule has 0 saturated carbocycles. The average molecular weight is 268 g/mol. The molecule has 0 heterocycles. The average Bonchev–Trinajstić information content (AvgIpc) is 2.44. The molecule has 1 aromatic carbocycles. The standard InChI is InChI=1S/C14H17FO4/c1-3-9-19-14(17)12(15)13(16)10-5-7-11(8-6-10)18-4-2/h5-8,12H,3-4,9H2,1-2H3. The van der Waals surface area contributed by atoms with Gasteiger partial charge in [0, 0.05) is 5.56 Å². The molecule has 4 nitrogen and oxygen atoms in total. The molecule has 1 unspecified atom stereocenters. The van der Waals surface area contributed by atoms with E-state index in [2.05, 4.69) is 4.74 Å². The van der Waals surface area contributed by atoms with Crippen LogP contribution >= 0.6 is 0 Å². The van der Waals surface area contributed by atoms with Crippen molar-refractivity contribution in [1.82, 2.24) is 0 Å². The van der Waals surface area contributed by atoms with E-state index in [1.54, 1.807) is 19.1 Å². The van der Waals surface area contributed by atoms with Crippen molar-refractivity contribution in [2.24, 2.45) is 0 Å². The monoisotopic (exact) mass is 268 g/mol. The second kappa shape index (κ2) is 7.51. The van der Waals surface area contributed by atoms with Crippen molar-refractivity contribution in [3.63, 3.8) is 0 Å². The Morgan fingerprint density at radius 3 is 2.37 bits per heavy atom. The summed E-state index contributed by atoms with van der Waals surface area (Å²) in [6.07, 6.45) is -1.69. The summed E-state index contributed by atoms with van der Waals surface area (Å²) in [6, 6.07) is 5.96. The summed E-state index contributed by atoms with van der Waals surface area (Å²) in [6.45, 7) is 4.23. The SMILES string of the molecule is CCCOC(=O)C(F)C(=O)c1ccc(OCC)cc1. The number of Topliss-reactive ketones (excluding diaryl/α,β-unsaturated/α-hetero) is 1. The van der Waals surface area contributed by atoms with Crippen molar-refractivity contribution in [2.45, 2.75) is 26.4 Å². The largest absolute Gasteiger partial charge is 0.494 e. The predicted octanol–water partition coefficient (Wildman–Crippen LogP) is 2.56. The fraction of sp³-hybridized carbons (Fsp3) is 0.429. The predicted molar refractivity (Wildman–Crippen MR) is 68.1 cm³/mol. The Balaban J connectivity index is 2.68. The Morgan fingerprint density at radius 2 is 1.84 bits per heavy atom. The van der Waals surface area contributed by atoms with Gasteiger partial charge in [-0.1, -0.05) is 6.92 Å². The lowest BCUT2D eigenvalue weighted by Crippen LogP contribution is -2.28. The first-order valence-electron chi connectivity index (χ1n) is 6.17. The minimum absolute atomic E-state index is 0.107. The number of rotatable bonds is 7. The highest BCUT2D eigenvalue weighted by Gasteiger charge is 2.28. The zero-order valence-electron chi connectivity index (χ0n) is 11.0. The Hall–Kier alpha value is -1.91. The summed E-state index contributed by atoms with van der Waals surface area (Å²) < 4.78 is 23.4. The second-order valence-corrected chi connectivity index (χ2v) is 3.85. The maximum absolute atomic E-state index is 13.6. The summed E-state index contributed by atoms with van der Waals surface area (Å²) in [7, 11) is 0. The molecule has 0 aliphatic carbocycles. The number of carbonyl (C=O) groups excluding carboxylic acids is 2. The fourth-order valence-electron chi connectivity index (χ4n) is 1.41. The lowest BCUT2D eigenvalue weighted by Gasteiger charge is -2.08.